The molecule has 0 radical (unpaired) electrons. The van der Waals surface area contributed by atoms with Gasteiger partial charge in [0.25, 0.3) is 0 Å². The Bertz CT molecular complexity index is 665. The molecule has 2 rings (SSSR count). The lowest BCUT2D eigenvalue weighted by molar-refractivity contribution is -0.121. The number of benzene rings is 2. The van der Waals surface area contributed by atoms with E-state index < -0.39 is 0 Å². The maximum Gasteiger partial charge on any atom is 0.224 e. The first-order valence-electron chi connectivity index (χ1n) is 8.28. The van der Waals surface area contributed by atoms with E-state index in [1.807, 2.05) is 49.4 Å². The van der Waals surface area contributed by atoms with Crippen LogP contribution < -0.4 is 10.1 Å². The lowest BCUT2D eigenvalue weighted by atomic mass is 10.1. The summed E-state index contributed by atoms with van der Waals surface area (Å²) in [4.78, 5) is 12.0. The molecule has 24 heavy (non-hydrogen) atoms. The Kier molecular flexibility index (Phi) is 6.82. The fourth-order valence-corrected chi connectivity index (χ4v) is 2.42. The first-order chi connectivity index (χ1) is 11.6. The van der Waals surface area contributed by atoms with E-state index in [2.05, 4.69) is 18.3 Å². The van der Waals surface area contributed by atoms with Crippen LogP contribution in [0.15, 0.2) is 48.5 Å². The largest absolute Gasteiger partial charge is 0.489 e. The molecule has 0 spiro atoms. The number of amides is 1. The van der Waals surface area contributed by atoms with Crippen molar-refractivity contribution in [1.82, 2.24) is 5.32 Å². The summed E-state index contributed by atoms with van der Waals surface area (Å²) in [5, 5.41) is 12.0. The molecule has 0 fully saturated rings. The second kappa shape index (κ2) is 9.08. The maximum absolute atomic E-state index is 12.0. The van der Waals surface area contributed by atoms with Gasteiger partial charge in [0.05, 0.1) is 19.1 Å². The van der Waals surface area contributed by atoms with Gasteiger partial charge in [-0.25, -0.2) is 0 Å². The van der Waals surface area contributed by atoms with E-state index in [1.165, 1.54) is 5.56 Å². The summed E-state index contributed by atoms with van der Waals surface area (Å²) >= 11 is 0. The van der Waals surface area contributed by atoms with E-state index in [0.717, 1.165) is 16.9 Å². The molecule has 0 saturated heterocycles. The van der Waals surface area contributed by atoms with Crippen LogP contribution >= 0.6 is 0 Å². The third-order valence-corrected chi connectivity index (χ3v) is 4.00. The Morgan fingerprint density at radius 3 is 2.71 bits per heavy atom. The van der Waals surface area contributed by atoms with E-state index in [1.54, 1.807) is 0 Å². The number of aliphatic hydroxyl groups is 1. The average Bonchev–Trinajstić information content (AvgIpc) is 2.59. The van der Waals surface area contributed by atoms with Crippen molar-refractivity contribution in [1.29, 1.82) is 0 Å². The summed E-state index contributed by atoms with van der Waals surface area (Å²) in [6, 6.07) is 15.5. The summed E-state index contributed by atoms with van der Waals surface area (Å²) in [5.74, 6) is 0.657. The van der Waals surface area contributed by atoms with Crippen molar-refractivity contribution in [2.24, 2.45) is 0 Å². The van der Waals surface area contributed by atoms with Gasteiger partial charge in [0.15, 0.2) is 0 Å². The van der Waals surface area contributed by atoms with Crippen LogP contribution in [0.25, 0.3) is 0 Å². The van der Waals surface area contributed by atoms with Gasteiger partial charge in [0, 0.05) is 0 Å². The zero-order valence-electron chi connectivity index (χ0n) is 14.3. The minimum atomic E-state index is -0.182. The number of carbonyl (C=O) groups excluding carboxylic acids is 1. The number of nitrogens with one attached hydrogen (secondary N) is 1. The molecule has 128 valence electrons. The van der Waals surface area contributed by atoms with E-state index in [4.69, 9.17) is 9.84 Å². The molecule has 2 aromatic rings. The SMILES string of the molecule is CCC(CO)NC(=O)Cc1cccc(OCc2ccccc2C)c1. The smallest absolute Gasteiger partial charge is 0.224 e. The van der Waals surface area contributed by atoms with Crippen molar-refractivity contribution >= 4 is 5.91 Å². The lowest BCUT2D eigenvalue weighted by Crippen LogP contribution is -2.37. The summed E-state index contributed by atoms with van der Waals surface area (Å²) in [7, 11) is 0. The second-order valence-electron chi connectivity index (χ2n) is 5.89. The molecule has 0 aliphatic rings. The minimum absolute atomic E-state index is 0.0399. The monoisotopic (exact) mass is 327 g/mol. The van der Waals surface area contributed by atoms with Crippen molar-refractivity contribution in [3.05, 3.63) is 65.2 Å². The van der Waals surface area contributed by atoms with Crippen LogP contribution in [0.1, 0.15) is 30.0 Å². The summed E-state index contributed by atoms with van der Waals surface area (Å²) in [6.07, 6.45) is 0.986. The zero-order chi connectivity index (χ0) is 17.4. The molecular weight excluding hydrogens is 302 g/mol. The standard InChI is InChI=1S/C20H25NO3/c1-3-18(13-22)21-20(23)12-16-8-6-10-19(11-16)24-14-17-9-5-4-7-15(17)2/h4-11,18,22H,3,12-14H2,1-2H3,(H,21,23). The van der Waals surface area contributed by atoms with Gasteiger partial charge in [-0.15, -0.1) is 0 Å². The second-order valence-corrected chi connectivity index (χ2v) is 5.89. The highest BCUT2D eigenvalue weighted by atomic mass is 16.5. The van der Waals surface area contributed by atoms with E-state index in [-0.39, 0.29) is 25.0 Å². The molecule has 0 aromatic heterocycles. The quantitative estimate of drug-likeness (QED) is 0.783. The fourth-order valence-electron chi connectivity index (χ4n) is 2.42. The number of hydrogen-bond acceptors (Lipinski definition) is 3. The van der Waals surface area contributed by atoms with Crippen molar-refractivity contribution in [3.8, 4) is 5.75 Å². The highest BCUT2D eigenvalue weighted by Crippen LogP contribution is 2.17. The van der Waals surface area contributed by atoms with Crippen molar-refractivity contribution in [2.45, 2.75) is 39.3 Å². The molecular formula is C20H25NO3. The Balaban J connectivity index is 1.94. The fraction of sp³-hybridized carbons (Fsp3) is 0.350. The van der Waals surface area contributed by atoms with Gasteiger partial charge in [-0.3, -0.25) is 4.79 Å². The normalized spacial score (nSPS) is 11.8. The number of aryl methyl sites for hydroxylation is 1. The van der Waals surface area contributed by atoms with Gasteiger partial charge in [-0.1, -0.05) is 43.3 Å². The first kappa shape index (κ1) is 18.0. The van der Waals surface area contributed by atoms with E-state index in [9.17, 15) is 4.79 Å². The number of hydrogen-bond donors (Lipinski definition) is 2. The molecule has 1 amide bonds. The van der Waals surface area contributed by atoms with Gasteiger partial charge in [0.2, 0.25) is 5.91 Å². The molecule has 0 saturated carbocycles. The molecule has 4 heteroatoms. The first-order valence-corrected chi connectivity index (χ1v) is 8.28. The summed E-state index contributed by atoms with van der Waals surface area (Å²) < 4.78 is 5.85. The van der Waals surface area contributed by atoms with Gasteiger partial charge in [-0.2, -0.15) is 0 Å². The average molecular weight is 327 g/mol. The minimum Gasteiger partial charge on any atom is -0.489 e. The van der Waals surface area contributed by atoms with Crippen LogP contribution in [0, 0.1) is 6.92 Å². The van der Waals surface area contributed by atoms with Gasteiger partial charge < -0.3 is 15.2 Å². The molecule has 4 nitrogen and oxygen atoms in total. The Hall–Kier alpha value is -2.33. The highest BCUT2D eigenvalue weighted by Gasteiger charge is 2.10. The van der Waals surface area contributed by atoms with Gasteiger partial charge in [-0.05, 0) is 42.2 Å². The van der Waals surface area contributed by atoms with Crippen molar-refractivity contribution in [2.75, 3.05) is 6.61 Å². The molecule has 0 heterocycles. The van der Waals surface area contributed by atoms with E-state index in [0.29, 0.717) is 13.0 Å². The third kappa shape index (κ3) is 5.39. The number of rotatable bonds is 8. The molecule has 2 N–H and O–H groups in total. The number of ether oxygens (including phenoxy) is 1. The number of carbonyl (C=O) groups is 1. The Labute approximate surface area is 143 Å². The molecule has 0 aliphatic carbocycles. The van der Waals surface area contributed by atoms with Crippen LogP contribution in [0.2, 0.25) is 0 Å². The lowest BCUT2D eigenvalue weighted by Gasteiger charge is -2.14. The van der Waals surface area contributed by atoms with Crippen molar-refractivity contribution < 1.29 is 14.6 Å². The summed E-state index contributed by atoms with van der Waals surface area (Å²) in [5.41, 5.74) is 3.24. The molecule has 0 aliphatic heterocycles. The third-order valence-electron chi connectivity index (χ3n) is 4.00. The van der Waals surface area contributed by atoms with Crippen LogP contribution in [-0.4, -0.2) is 23.7 Å². The molecule has 1 unspecified atom stereocenters. The topological polar surface area (TPSA) is 58.6 Å². The Morgan fingerprint density at radius 2 is 2.00 bits per heavy atom. The van der Waals surface area contributed by atoms with Gasteiger partial charge >= 0.3 is 0 Å². The van der Waals surface area contributed by atoms with Crippen LogP contribution in [0.4, 0.5) is 0 Å². The van der Waals surface area contributed by atoms with Gasteiger partial charge in [0.1, 0.15) is 12.4 Å². The van der Waals surface area contributed by atoms with Crippen molar-refractivity contribution in [3.63, 3.8) is 0 Å². The molecule has 2 aromatic carbocycles. The van der Waals surface area contributed by atoms with Crippen LogP contribution in [0.3, 0.4) is 0 Å². The Morgan fingerprint density at radius 1 is 1.21 bits per heavy atom. The zero-order valence-corrected chi connectivity index (χ0v) is 14.3. The summed E-state index contributed by atoms with van der Waals surface area (Å²) in [6.45, 7) is 4.46. The molecule has 1 atom stereocenters. The number of aliphatic hydroxyl groups excluding tert-OH is 1. The van der Waals surface area contributed by atoms with Crippen LogP contribution in [-0.2, 0) is 17.8 Å². The predicted molar refractivity (Wildman–Crippen MR) is 95.0 cm³/mol. The maximum atomic E-state index is 12.0. The predicted octanol–water partition coefficient (Wildman–Crippen LogP) is 3.00. The highest BCUT2D eigenvalue weighted by molar-refractivity contribution is 5.79. The van der Waals surface area contributed by atoms with Crippen LogP contribution in [0.5, 0.6) is 5.75 Å². The van der Waals surface area contributed by atoms with E-state index >= 15 is 0 Å². The molecule has 0 bridgehead atoms.